The maximum absolute atomic E-state index is 12.2. The third-order valence-corrected chi connectivity index (χ3v) is 4.12. The number of hydrogen-bond acceptors (Lipinski definition) is 3. The van der Waals surface area contributed by atoms with Gasteiger partial charge in [0.1, 0.15) is 6.04 Å². The molecule has 1 heterocycles. The van der Waals surface area contributed by atoms with Gasteiger partial charge in [-0.1, -0.05) is 23.7 Å². The summed E-state index contributed by atoms with van der Waals surface area (Å²) in [6, 6.07) is 5.72. The van der Waals surface area contributed by atoms with E-state index in [1.54, 1.807) is 0 Å². The quantitative estimate of drug-likeness (QED) is 0.875. The normalized spacial score (nSPS) is 24.6. The van der Waals surface area contributed by atoms with E-state index < -0.39 is 0 Å². The lowest BCUT2D eigenvalue weighted by molar-refractivity contribution is -0.126. The molecule has 3 rings (SSSR count). The minimum absolute atomic E-state index is 0. The number of hydrogen-bond donors (Lipinski definition) is 2. The van der Waals surface area contributed by atoms with Crippen LogP contribution in [-0.2, 0) is 16.0 Å². The zero-order valence-electron chi connectivity index (χ0n) is 11.0. The maximum atomic E-state index is 12.2. The van der Waals surface area contributed by atoms with Crippen molar-refractivity contribution in [2.75, 3.05) is 19.8 Å². The number of fused-ring (bicyclic) bond motifs is 1. The first-order valence-electron chi connectivity index (χ1n) is 6.64. The summed E-state index contributed by atoms with van der Waals surface area (Å²) in [7, 11) is 0. The Morgan fingerprint density at radius 2 is 2.30 bits per heavy atom. The van der Waals surface area contributed by atoms with Crippen molar-refractivity contribution in [2.24, 2.45) is 0 Å². The molecule has 1 fully saturated rings. The molecule has 2 unspecified atom stereocenters. The van der Waals surface area contributed by atoms with E-state index in [2.05, 4.69) is 10.6 Å². The number of amides is 1. The SMILES string of the molecule is Cl.O=C(NC1CCc2c(Cl)cccc21)C1COCCN1. The Morgan fingerprint density at radius 3 is 3.05 bits per heavy atom. The summed E-state index contributed by atoms with van der Waals surface area (Å²) in [4.78, 5) is 12.2. The van der Waals surface area contributed by atoms with Crippen molar-refractivity contribution < 1.29 is 9.53 Å². The molecule has 0 bridgehead atoms. The van der Waals surface area contributed by atoms with Crippen LogP contribution < -0.4 is 10.6 Å². The molecule has 0 saturated carbocycles. The van der Waals surface area contributed by atoms with Crippen molar-refractivity contribution in [3.63, 3.8) is 0 Å². The lowest BCUT2D eigenvalue weighted by atomic mass is 10.1. The van der Waals surface area contributed by atoms with Crippen molar-refractivity contribution in [2.45, 2.75) is 24.9 Å². The molecule has 6 heteroatoms. The molecule has 2 atom stereocenters. The topological polar surface area (TPSA) is 50.4 Å². The van der Waals surface area contributed by atoms with E-state index >= 15 is 0 Å². The maximum Gasteiger partial charge on any atom is 0.240 e. The molecule has 2 aliphatic rings. The van der Waals surface area contributed by atoms with Crippen LogP contribution in [0.2, 0.25) is 5.02 Å². The Labute approximate surface area is 129 Å². The number of carbonyl (C=O) groups excluding carboxylic acids is 1. The van der Waals surface area contributed by atoms with Gasteiger partial charge in [-0.15, -0.1) is 12.4 Å². The third kappa shape index (κ3) is 3.09. The van der Waals surface area contributed by atoms with E-state index in [1.165, 1.54) is 5.56 Å². The first kappa shape index (κ1) is 15.6. The number of morpholine rings is 1. The van der Waals surface area contributed by atoms with Crippen LogP contribution in [0.5, 0.6) is 0 Å². The van der Waals surface area contributed by atoms with Gasteiger partial charge in [0, 0.05) is 11.6 Å². The summed E-state index contributed by atoms with van der Waals surface area (Å²) >= 11 is 6.18. The fourth-order valence-electron chi connectivity index (χ4n) is 2.77. The molecule has 1 amide bonds. The molecule has 0 spiro atoms. The van der Waals surface area contributed by atoms with Crippen molar-refractivity contribution in [1.82, 2.24) is 10.6 Å². The number of rotatable bonds is 2. The van der Waals surface area contributed by atoms with Gasteiger partial charge in [0.05, 0.1) is 19.3 Å². The van der Waals surface area contributed by atoms with E-state index in [0.717, 1.165) is 30.0 Å². The van der Waals surface area contributed by atoms with Gasteiger partial charge >= 0.3 is 0 Å². The average Bonchev–Trinajstić information content (AvgIpc) is 2.84. The molecule has 1 saturated heterocycles. The zero-order chi connectivity index (χ0) is 13.2. The largest absolute Gasteiger partial charge is 0.378 e. The van der Waals surface area contributed by atoms with Gasteiger partial charge in [0.15, 0.2) is 0 Å². The summed E-state index contributed by atoms with van der Waals surface area (Å²) < 4.78 is 5.31. The zero-order valence-corrected chi connectivity index (χ0v) is 12.6. The van der Waals surface area contributed by atoms with Crippen LogP contribution in [0.4, 0.5) is 0 Å². The van der Waals surface area contributed by atoms with Gasteiger partial charge in [0.25, 0.3) is 0 Å². The van der Waals surface area contributed by atoms with Gasteiger partial charge < -0.3 is 15.4 Å². The first-order valence-corrected chi connectivity index (χ1v) is 7.02. The summed E-state index contributed by atoms with van der Waals surface area (Å²) in [5, 5.41) is 7.06. The highest BCUT2D eigenvalue weighted by Crippen LogP contribution is 2.35. The number of carbonyl (C=O) groups is 1. The Balaban J connectivity index is 0.00000147. The van der Waals surface area contributed by atoms with Crippen molar-refractivity contribution >= 4 is 29.9 Å². The van der Waals surface area contributed by atoms with Crippen LogP contribution in [0.15, 0.2) is 18.2 Å². The molecule has 0 aromatic heterocycles. The van der Waals surface area contributed by atoms with Gasteiger partial charge in [-0.05, 0) is 30.0 Å². The van der Waals surface area contributed by atoms with Crippen molar-refractivity contribution in [1.29, 1.82) is 0 Å². The molecule has 1 aromatic rings. The monoisotopic (exact) mass is 316 g/mol. The Hall–Kier alpha value is -0.810. The Kier molecular flexibility index (Phi) is 5.27. The summed E-state index contributed by atoms with van der Waals surface area (Å²) in [6.45, 7) is 1.85. The molecular formula is C14H18Cl2N2O2. The molecular weight excluding hydrogens is 299 g/mol. The van der Waals surface area contributed by atoms with E-state index in [4.69, 9.17) is 16.3 Å². The second kappa shape index (κ2) is 6.76. The molecule has 0 radical (unpaired) electrons. The first-order chi connectivity index (χ1) is 9.25. The van der Waals surface area contributed by atoms with Crippen molar-refractivity contribution in [3.8, 4) is 0 Å². The molecule has 110 valence electrons. The summed E-state index contributed by atoms with van der Waals surface area (Å²) in [5.74, 6) is 0.0116. The number of benzene rings is 1. The highest BCUT2D eigenvalue weighted by atomic mass is 35.5. The van der Waals surface area contributed by atoms with Crippen LogP contribution in [0.1, 0.15) is 23.6 Å². The van der Waals surface area contributed by atoms with Crippen LogP contribution >= 0.6 is 24.0 Å². The fraction of sp³-hybridized carbons (Fsp3) is 0.500. The Bertz CT molecular complexity index is 490. The fourth-order valence-corrected chi connectivity index (χ4v) is 3.04. The minimum Gasteiger partial charge on any atom is -0.378 e. The van der Waals surface area contributed by atoms with Gasteiger partial charge in [-0.25, -0.2) is 0 Å². The molecule has 1 aromatic carbocycles. The lowest BCUT2D eigenvalue weighted by Crippen LogP contribution is -2.51. The van der Waals surface area contributed by atoms with E-state index in [-0.39, 0.29) is 30.4 Å². The second-order valence-electron chi connectivity index (χ2n) is 4.99. The van der Waals surface area contributed by atoms with Crippen LogP contribution in [-0.4, -0.2) is 31.7 Å². The van der Waals surface area contributed by atoms with E-state index in [0.29, 0.717) is 13.2 Å². The summed E-state index contributed by atoms with van der Waals surface area (Å²) in [6.07, 6.45) is 1.84. The number of ether oxygens (including phenoxy) is 1. The molecule has 1 aliphatic heterocycles. The number of halogens is 2. The molecule has 2 N–H and O–H groups in total. The second-order valence-corrected chi connectivity index (χ2v) is 5.40. The van der Waals surface area contributed by atoms with Crippen LogP contribution in [0.25, 0.3) is 0 Å². The molecule has 4 nitrogen and oxygen atoms in total. The smallest absolute Gasteiger partial charge is 0.240 e. The van der Waals surface area contributed by atoms with E-state index in [9.17, 15) is 4.79 Å². The average molecular weight is 317 g/mol. The molecule has 1 aliphatic carbocycles. The summed E-state index contributed by atoms with van der Waals surface area (Å²) in [5.41, 5.74) is 2.32. The predicted molar refractivity (Wildman–Crippen MR) is 80.5 cm³/mol. The highest BCUT2D eigenvalue weighted by Gasteiger charge is 2.28. The Morgan fingerprint density at radius 1 is 1.45 bits per heavy atom. The van der Waals surface area contributed by atoms with Crippen LogP contribution in [0.3, 0.4) is 0 Å². The van der Waals surface area contributed by atoms with E-state index in [1.807, 2.05) is 18.2 Å². The van der Waals surface area contributed by atoms with Crippen LogP contribution in [0, 0.1) is 0 Å². The number of nitrogens with one attached hydrogen (secondary N) is 2. The van der Waals surface area contributed by atoms with Gasteiger partial charge in [-0.2, -0.15) is 0 Å². The van der Waals surface area contributed by atoms with Gasteiger partial charge in [0.2, 0.25) is 5.91 Å². The van der Waals surface area contributed by atoms with Crippen molar-refractivity contribution in [3.05, 3.63) is 34.3 Å². The third-order valence-electron chi connectivity index (χ3n) is 3.77. The van der Waals surface area contributed by atoms with Gasteiger partial charge in [-0.3, -0.25) is 4.79 Å². The predicted octanol–water partition coefficient (Wildman–Crippen LogP) is 1.85. The minimum atomic E-state index is -0.239. The standard InChI is InChI=1S/C14H17ClN2O2.ClH/c15-11-3-1-2-10-9(11)4-5-12(10)17-14(18)13-8-19-7-6-16-13;/h1-3,12-13,16H,4-8H2,(H,17,18);1H. The highest BCUT2D eigenvalue weighted by molar-refractivity contribution is 6.31. The lowest BCUT2D eigenvalue weighted by Gasteiger charge is -2.25. The molecule has 20 heavy (non-hydrogen) atoms.